The van der Waals surface area contributed by atoms with E-state index in [1.54, 1.807) is 43.5 Å². The minimum absolute atomic E-state index is 0.189. The standard InChI is InChI=1S/C22H19NO5/c1-25-20-11-16(7-9-18(20)26-13-15-5-3-2-4-6-15)22(24)23-17-8-10-19-21(12-17)28-14-27-19/h2-12H,13-14H2,1H3,(H,23,24). The van der Waals surface area contributed by atoms with E-state index in [0.29, 0.717) is 40.9 Å². The molecule has 6 nitrogen and oxygen atoms in total. The largest absolute Gasteiger partial charge is 0.493 e. The van der Waals surface area contributed by atoms with Crippen LogP contribution in [0.1, 0.15) is 15.9 Å². The second-order valence-electron chi connectivity index (χ2n) is 6.16. The van der Waals surface area contributed by atoms with Crippen molar-refractivity contribution in [1.29, 1.82) is 0 Å². The van der Waals surface area contributed by atoms with Crippen molar-refractivity contribution in [2.45, 2.75) is 6.61 Å². The van der Waals surface area contributed by atoms with Gasteiger partial charge in [0.1, 0.15) is 6.61 Å². The van der Waals surface area contributed by atoms with Crippen LogP contribution in [0.3, 0.4) is 0 Å². The number of ether oxygens (including phenoxy) is 4. The van der Waals surface area contributed by atoms with E-state index in [9.17, 15) is 4.79 Å². The first-order valence-corrected chi connectivity index (χ1v) is 8.79. The predicted molar refractivity (Wildman–Crippen MR) is 104 cm³/mol. The Morgan fingerprint density at radius 2 is 1.79 bits per heavy atom. The van der Waals surface area contributed by atoms with Gasteiger partial charge >= 0.3 is 0 Å². The van der Waals surface area contributed by atoms with Gasteiger partial charge in [-0.05, 0) is 35.9 Å². The molecule has 0 unspecified atom stereocenters. The van der Waals surface area contributed by atoms with Crippen LogP contribution in [0.15, 0.2) is 66.7 Å². The minimum atomic E-state index is -0.258. The van der Waals surface area contributed by atoms with Gasteiger partial charge in [-0.25, -0.2) is 0 Å². The van der Waals surface area contributed by atoms with Crippen LogP contribution in [0.2, 0.25) is 0 Å². The molecule has 0 radical (unpaired) electrons. The van der Waals surface area contributed by atoms with Crippen LogP contribution in [0.5, 0.6) is 23.0 Å². The lowest BCUT2D eigenvalue weighted by molar-refractivity contribution is 0.102. The predicted octanol–water partition coefficient (Wildman–Crippen LogP) is 4.26. The van der Waals surface area contributed by atoms with Crippen LogP contribution >= 0.6 is 0 Å². The number of hydrogen-bond donors (Lipinski definition) is 1. The summed E-state index contributed by atoms with van der Waals surface area (Å²) in [6.07, 6.45) is 0. The molecule has 1 amide bonds. The zero-order valence-electron chi connectivity index (χ0n) is 15.3. The lowest BCUT2D eigenvalue weighted by Crippen LogP contribution is -2.12. The summed E-state index contributed by atoms with van der Waals surface area (Å²) in [5.41, 5.74) is 2.13. The maximum Gasteiger partial charge on any atom is 0.255 e. The Bertz CT molecular complexity index is 987. The van der Waals surface area contributed by atoms with Crippen molar-refractivity contribution in [2.75, 3.05) is 19.2 Å². The van der Waals surface area contributed by atoms with Gasteiger partial charge in [-0.3, -0.25) is 4.79 Å². The summed E-state index contributed by atoms with van der Waals surface area (Å²) in [5, 5.41) is 2.85. The van der Waals surface area contributed by atoms with Gasteiger partial charge in [-0.1, -0.05) is 30.3 Å². The first kappa shape index (κ1) is 17.7. The molecule has 142 valence electrons. The summed E-state index contributed by atoms with van der Waals surface area (Å²) < 4.78 is 21.8. The highest BCUT2D eigenvalue weighted by molar-refractivity contribution is 6.04. The smallest absolute Gasteiger partial charge is 0.255 e. The van der Waals surface area contributed by atoms with Gasteiger partial charge in [-0.15, -0.1) is 0 Å². The Balaban J connectivity index is 1.46. The summed E-state index contributed by atoms with van der Waals surface area (Å²) in [6.45, 7) is 0.605. The van der Waals surface area contributed by atoms with Crippen molar-refractivity contribution < 1.29 is 23.7 Å². The average molecular weight is 377 g/mol. The van der Waals surface area contributed by atoms with Crippen LogP contribution in [-0.2, 0) is 6.61 Å². The third-order valence-electron chi connectivity index (χ3n) is 4.29. The number of carbonyl (C=O) groups excluding carboxylic acids is 1. The van der Waals surface area contributed by atoms with Gasteiger partial charge in [0, 0.05) is 17.3 Å². The molecule has 0 aromatic heterocycles. The van der Waals surface area contributed by atoms with E-state index in [4.69, 9.17) is 18.9 Å². The van der Waals surface area contributed by atoms with Crippen molar-refractivity contribution in [2.24, 2.45) is 0 Å². The number of fused-ring (bicyclic) bond motifs is 1. The Hall–Kier alpha value is -3.67. The van der Waals surface area contributed by atoms with E-state index in [-0.39, 0.29) is 12.7 Å². The van der Waals surface area contributed by atoms with Crippen LogP contribution in [0.4, 0.5) is 5.69 Å². The van der Waals surface area contributed by atoms with Crippen LogP contribution in [0, 0.1) is 0 Å². The molecular weight excluding hydrogens is 358 g/mol. The lowest BCUT2D eigenvalue weighted by Gasteiger charge is -2.12. The van der Waals surface area contributed by atoms with Gasteiger partial charge < -0.3 is 24.3 Å². The number of amides is 1. The number of anilines is 1. The van der Waals surface area contributed by atoms with Crippen molar-refractivity contribution in [3.63, 3.8) is 0 Å². The van der Waals surface area contributed by atoms with Crippen LogP contribution in [-0.4, -0.2) is 19.8 Å². The first-order valence-electron chi connectivity index (χ1n) is 8.79. The molecule has 1 aliphatic heterocycles. The van der Waals surface area contributed by atoms with Crippen LogP contribution < -0.4 is 24.3 Å². The molecule has 1 heterocycles. The van der Waals surface area contributed by atoms with Crippen molar-refractivity contribution >= 4 is 11.6 Å². The number of carbonyl (C=O) groups is 1. The van der Waals surface area contributed by atoms with Crippen LogP contribution in [0.25, 0.3) is 0 Å². The Labute approximate surface area is 162 Å². The number of methoxy groups -OCH3 is 1. The highest BCUT2D eigenvalue weighted by atomic mass is 16.7. The average Bonchev–Trinajstić information content (AvgIpc) is 3.20. The van der Waals surface area contributed by atoms with Gasteiger partial charge in [0.05, 0.1) is 7.11 Å². The monoisotopic (exact) mass is 377 g/mol. The molecule has 0 fully saturated rings. The molecule has 3 aromatic carbocycles. The lowest BCUT2D eigenvalue weighted by atomic mass is 10.1. The third-order valence-corrected chi connectivity index (χ3v) is 4.29. The molecule has 1 aliphatic rings. The fraction of sp³-hybridized carbons (Fsp3) is 0.136. The van der Waals surface area contributed by atoms with E-state index in [1.807, 2.05) is 30.3 Å². The van der Waals surface area contributed by atoms with Gasteiger partial charge in [0.2, 0.25) is 6.79 Å². The molecule has 1 N–H and O–H groups in total. The Morgan fingerprint density at radius 1 is 0.964 bits per heavy atom. The van der Waals surface area contributed by atoms with E-state index in [1.165, 1.54) is 0 Å². The summed E-state index contributed by atoms with van der Waals surface area (Å²) in [6, 6.07) is 20.2. The number of hydrogen-bond acceptors (Lipinski definition) is 5. The third kappa shape index (κ3) is 3.86. The maximum atomic E-state index is 12.6. The first-order chi connectivity index (χ1) is 13.7. The second-order valence-corrected chi connectivity index (χ2v) is 6.16. The summed E-state index contributed by atoms with van der Waals surface area (Å²) in [5.74, 6) is 2.09. The molecular formula is C22H19NO5. The van der Waals surface area contributed by atoms with E-state index < -0.39 is 0 Å². The molecule has 0 saturated carbocycles. The van der Waals surface area contributed by atoms with E-state index in [0.717, 1.165) is 5.56 Å². The highest BCUT2D eigenvalue weighted by Crippen LogP contribution is 2.34. The number of rotatable bonds is 6. The van der Waals surface area contributed by atoms with Crippen molar-refractivity contribution in [1.82, 2.24) is 0 Å². The highest BCUT2D eigenvalue weighted by Gasteiger charge is 2.16. The molecule has 0 atom stereocenters. The summed E-state index contributed by atoms with van der Waals surface area (Å²) in [4.78, 5) is 12.6. The van der Waals surface area contributed by atoms with E-state index in [2.05, 4.69) is 5.32 Å². The summed E-state index contributed by atoms with van der Waals surface area (Å²) in [7, 11) is 1.55. The number of nitrogens with one attached hydrogen (secondary N) is 1. The minimum Gasteiger partial charge on any atom is -0.493 e. The fourth-order valence-corrected chi connectivity index (χ4v) is 2.84. The molecule has 0 aliphatic carbocycles. The Kier molecular flexibility index (Phi) is 5.01. The summed E-state index contributed by atoms with van der Waals surface area (Å²) >= 11 is 0. The van der Waals surface area contributed by atoms with Gasteiger partial charge in [-0.2, -0.15) is 0 Å². The molecule has 0 bridgehead atoms. The fourth-order valence-electron chi connectivity index (χ4n) is 2.84. The number of benzene rings is 3. The zero-order valence-corrected chi connectivity index (χ0v) is 15.3. The SMILES string of the molecule is COc1cc(C(=O)Nc2ccc3c(c2)OCO3)ccc1OCc1ccccc1. The molecule has 28 heavy (non-hydrogen) atoms. The zero-order chi connectivity index (χ0) is 19.3. The molecule has 4 rings (SSSR count). The van der Waals surface area contributed by atoms with Gasteiger partial charge in [0.15, 0.2) is 23.0 Å². The Morgan fingerprint density at radius 3 is 2.61 bits per heavy atom. The maximum absolute atomic E-state index is 12.6. The van der Waals surface area contributed by atoms with E-state index >= 15 is 0 Å². The van der Waals surface area contributed by atoms with Crippen molar-refractivity contribution in [3.05, 3.63) is 77.9 Å². The second kappa shape index (κ2) is 7.92. The molecule has 6 heteroatoms. The van der Waals surface area contributed by atoms with Crippen molar-refractivity contribution in [3.8, 4) is 23.0 Å². The molecule has 0 saturated heterocycles. The molecule has 0 spiro atoms. The molecule has 3 aromatic rings. The van der Waals surface area contributed by atoms with Gasteiger partial charge in [0.25, 0.3) is 5.91 Å². The normalized spacial score (nSPS) is 11.8. The quantitative estimate of drug-likeness (QED) is 0.695. The topological polar surface area (TPSA) is 66.0 Å².